The monoisotopic (exact) mass is 190 g/mol. The molecule has 1 aliphatic rings. The van der Waals surface area contributed by atoms with E-state index in [1.165, 1.54) is 25.7 Å². The van der Waals surface area contributed by atoms with Gasteiger partial charge in [-0.15, -0.1) is 0 Å². The van der Waals surface area contributed by atoms with E-state index in [2.05, 4.69) is 0 Å². The van der Waals surface area contributed by atoms with E-state index in [1.807, 2.05) is 30.3 Å². The second kappa shape index (κ2) is 4.61. The van der Waals surface area contributed by atoms with Crippen LogP contribution in [0.25, 0.3) is 0 Å². The van der Waals surface area contributed by atoms with Gasteiger partial charge in [-0.25, -0.2) is 0 Å². The Bertz CT molecular complexity index is 264. The number of hydrogen-bond acceptors (Lipinski definition) is 1. The van der Waals surface area contributed by atoms with E-state index in [-0.39, 0.29) is 6.10 Å². The molecule has 0 saturated heterocycles. The Balaban J connectivity index is 1.80. The highest BCUT2D eigenvalue weighted by atomic mass is 16.3. The SMILES string of the molecule is OC(CCC1CCC1)c1ccccc1. The zero-order chi connectivity index (χ0) is 9.80. The Hall–Kier alpha value is -0.820. The minimum Gasteiger partial charge on any atom is -0.388 e. The van der Waals surface area contributed by atoms with Gasteiger partial charge in [0.2, 0.25) is 0 Å². The van der Waals surface area contributed by atoms with E-state index >= 15 is 0 Å². The molecule has 1 aromatic rings. The zero-order valence-electron chi connectivity index (χ0n) is 8.52. The summed E-state index contributed by atoms with van der Waals surface area (Å²) in [7, 11) is 0. The number of benzene rings is 1. The van der Waals surface area contributed by atoms with Crippen LogP contribution in [0.5, 0.6) is 0 Å². The van der Waals surface area contributed by atoms with Gasteiger partial charge in [0.05, 0.1) is 6.10 Å². The van der Waals surface area contributed by atoms with E-state index in [0.717, 1.165) is 17.9 Å². The molecule has 0 aliphatic heterocycles. The number of aliphatic hydroxyl groups is 1. The molecule has 0 amide bonds. The fraction of sp³-hybridized carbons (Fsp3) is 0.538. The van der Waals surface area contributed by atoms with Crippen LogP contribution in [0.2, 0.25) is 0 Å². The molecule has 0 heterocycles. The Morgan fingerprint density at radius 3 is 2.50 bits per heavy atom. The fourth-order valence-corrected chi connectivity index (χ4v) is 2.02. The summed E-state index contributed by atoms with van der Waals surface area (Å²) in [6, 6.07) is 9.98. The largest absolute Gasteiger partial charge is 0.388 e. The van der Waals surface area contributed by atoms with Gasteiger partial charge in [0.25, 0.3) is 0 Å². The Morgan fingerprint density at radius 2 is 1.93 bits per heavy atom. The van der Waals surface area contributed by atoms with Crippen LogP contribution in [-0.2, 0) is 0 Å². The molecule has 14 heavy (non-hydrogen) atoms. The van der Waals surface area contributed by atoms with Crippen molar-refractivity contribution in [3.05, 3.63) is 35.9 Å². The van der Waals surface area contributed by atoms with Gasteiger partial charge in [-0.3, -0.25) is 0 Å². The third-order valence-corrected chi connectivity index (χ3v) is 3.26. The summed E-state index contributed by atoms with van der Waals surface area (Å²) in [5.41, 5.74) is 1.06. The Kier molecular flexibility index (Phi) is 3.20. The molecule has 1 aliphatic carbocycles. The first-order valence-electron chi connectivity index (χ1n) is 5.59. The normalized spacial score (nSPS) is 18.9. The lowest BCUT2D eigenvalue weighted by molar-refractivity contribution is 0.145. The maximum absolute atomic E-state index is 9.89. The lowest BCUT2D eigenvalue weighted by Crippen LogP contribution is -2.12. The van der Waals surface area contributed by atoms with Crippen LogP contribution >= 0.6 is 0 Å². The van der Waals surface area contributed by atoms with Crippen LogP contribution in [0.1, 0.15) is 43.8 Å². The molecule has 1 N–H and O–H groups in total. The second-order valence-corrected chi connectivity index (χ2v) is 4.30. The second-order valence-electron chi connectivity index (χ2n) is 4.30. The first kappa shape index (κ1) is 9.72. The van der Waals surface area contributed by atoms with E-state index in [9.17, 15) is 5.11 Å². The van der Waals surface area contributed by atoms with Crippen molar-refractivity contribution >= 4 is 0 Å². The van der Waals surface area contributed by atoms with Gasteiger partial charge in [0.1, 0.15) is 0 Å². The van der Waals surface area contributed by atoms with E-state index in [0.29, 0.717) is 0 Å². The fourth-order valence-electron chi connectivity index (χ4n) is 2.02. The quantitative estimate of drug-likeness (QED) is 0.772. The summed E-state index contributed by atoms with van der Waals surface area (Å²) in [6.45, 7) is 0. The molecule has 76 valence electrons. The molecule has 1 atom stereocenters. The lowest BCUT2D eigenvalue weighted by Gasteiger charge is -2.26. The van der Waals surface area contributed by atoms with Gasteiger partial charge in [0, 0.05) is 0 Å². The van der Waals surface area contributed by atoms with E-state index in [1.54, 1.807) is 0 Å². The Morgan fingerprint density at radius 1 is 1.21 bits per heavy atom. The van der Waals surface area contributed by atoms with Crippen molar-refractivity contribution in [3.8, 4) is 0 Å². The molecule has 1 aromatic carbocycles. The van der Waals surface area contributed by atoms with Crippen LogP contribution in [0.4, 0.5) is 0 Å². The topological polar surface area (TPSA) is 20.2 Å². The summed E-state index contributed by atoms with van der Waals surface area (Å²) in [6.07, 6.45) is 6.01. The first-order valence-corrected chi connectivity index (χ1v) is 5.59. The summed E-state index contributed by atoms with van der Waals surface area (Å²) >= 11 is 0. The van der Waals surface area contributed by atoms with Gasteiger partial charge < -0.3 is 5.11 Å². The maximum Gasteiger partial charge on any atom is 0.0790 e. The first-order chi connectivity index (χ1) is 6.86. The standard InChI is InChI=1S/C13H18O/c14-13(10-9-11-5-4-6-11)12-7-2-1-3-8-12/h1-3,7-8,11,13-14H,4-6,9-10H2. The smallest absolute Gasteiger partial charge is 0.0790 e. The van der Waals surface area contributed by atoms with Crippen LogP contribution < -0.4 is 0 Å². The van der Waals surface area contributed by atoms with Crippen LogP contribution in [0.3, 0.4) is 0 Å². The molecule has 1 fully saturated rings. The van der Waals surface area contributed by atoms with Gasteiger partial charge in [-0.2, -0.15) is 0 Å². The molecular weight excluding hydrogens is 172 g/mol. The Labute approximate surface area is 85.8 Å². The van der Waals surface area contributed by atoms with Crippen molar-refractivity contribution in [1.82, 2.24) is 0 Å². The summed E-state index contributed by atoms with van der Waals surface area (Å²) in [5, 5.41) is 9.89. The maximum atomic E-state index is 9.89. The highest BCUT2D eigenvalue weighted by Gasteiger charge is 2.18. The van der Waals surface area contributed by atoms with Gasteiger partial charge in [0.15, 0.2) is 0 Å². The highest BCUT2D eigenvalue weighted by Crippen LogP contribution is 2.32. The predicted octanol–water partition coefficient (Wildman–Crippen LogP) is 3.30. The van der Waals surface area contributed by atoms with Gasteiger partial charge in [-0.1, -0.05) is 49.6 Å². The van der Waals surface area contributed by atoms with Crippen molar-refractivity contribution in [2.75, 3.05) is 0 Å². The van der Waals surface area contributed by atoms with Crippen molar-refractivity contribution in [3.63, 3.8) is 0 Å². The van der Waals surface area contributed by atoms with Crippen LogP contribution in [-0.4, -0.2) is 5.11 Å². The molecule has 1 saturated carbocycles. The summed E-state index contributed by atoms with van der Waals surface area (Å²) in [5.74, 6) is 0.897. The van der Waals surface area contributed by atoms with Gasteiger partial charge >= 0.3 is 0 Å². The average Bonchev–Trinajstić information content (AvgIpc) is 2.16. The molecule has 0 spiro atoms. The molecule has 1 nitrogen and oxygen atoms in total. The molecule has 0 bridgehead atoms. The number of hydrogen-bond donors (Lipinski definition) is 1. The van der Waals surface area contributed by atoms with E-state index < -0.39 is 0 Å². The minimum atomic E-state index is -0.253. The van der Waals surface area contributed by atoms with Gasteiger partial charge in [-0.05, 0) is 24.3 Å². The number of aliphatic hydroxyl groups excluding tert-OH is 1. The third kappa shape index (κ3) is 2.36. The molecule has 0 radical (unpaired) electrons. The van der Waals surface area contributed by atoms with E-state index in [4.69, 9.17) is 0 Å². The van der Waals surface area contributed by atoms with Crippen LogP contribution in [0, 0.1) is 5.92 Å². The highest BCUT2D eigenvalue weighted by molar-refractivity contribution is 5.17. The zero-order valence-corrected chi connectivity index (χ0v) is 8.52. The molecule has 2 rings (SSSR count). The van der Waals surface area contributed by atoms with Crippen molar-refractivity contribution in [2.45, 2.75) is 38.2 Å². The number of rotatable bonds is 4. The van der Waals surface area contributed by atoms with Crippen molar-refractivity contribution < 1.29 is 5.11 Å². The van der Waals surface area contributed by atoms with Crippen LogP contribution in [0.15, 0.2) is 30.3 Å². The average molecular weight is 190 g/mol. The lowest BCUT2D eigenvalue weighted by atomic mass is 9.81. The molecule has 1 unspecified atom stereocenters. The third-order valence-electron chi connectivity index (χ3n) is 3.26. The molecule has 0 aromatic heterocycles. The van der Waals surface area contributed by atoms with Crippen molar-refractivity contribution in [1.29, 1.82) is 0 Å². The molecule has 1 heteroatoms. The van der Waals surface area contributed by atoms with Crippen molar-refractivity contribution in [2.24, 2.45) is 5.92 Å². The summed E-state index contributed by atoms with van der Waals surface area (Å²) in [4.78, 5) is 0. The molecular formula is C13H18O. The predicted molar refractivity (Wildman–Crippen MR) is 58.0 cm³/mol. The minimum absolute atomic E-state index is 0.253. The summed E-state index contributed by atoms with van der Waals surface area (Å²) < 4.78 is 0.